The number of nitrogens with one attached hydrogen (secondary N) is 1. The molecule has 0 spiro atoms. The molecule has 1 nitrogen and oxygen atoms in total. The van der Waals surface area contributed by atoms with Crippen molar-refractivity contribution >= 4 is 33.2 Å². The fraction of sp³-hybridized carbons (Fsp3) is 0.143. The van der Waals surface area contributed by atoms with Gasteiger partial charge in [0.2, 0.25) is 0 Å². The minimum Gasteiger partial charge on any atom is -0.375 e. The van der Waals surface area contributed by atoms with Gasteiger partial charge in [0.05, 0.1) is 10.7 Å². The minimum absolute atomic E-state index is 0.218. The van der Waals surface area contributed by atoms with Crippen molar-refractivity contribution in [2.24, 2.45) is 0 Å². The third-order valence-electron chi connectivity index (χ3n) is 2.75. The number of rotatable bonds is 3. The van der Waals surface area contributed by atoms with E-state index in [2.05, 4.69) is 21.2 Å². The SMILES string of the molecule is CC(Nc1c(F)cccc1Cl)c1ccc(F)cc1Br. The van der Waals surface area contributed by atoms with Crippen molar-refractivity contribution < 1.29 is 8.78 Å². The van der Waals surface area contributed by atoms with Crippen LogP contribution in [0.15, 0.2) is 40.9 Å². The van der Waals surface area contributed by atoms with Crippen LogP contribution in [0.2, 0.25) is 5.02 Å². The summed E-state index contributed by atoms with van der Waals surface area (Å²) in [7, 11) is 0. The average molecular weight is 347 g/mol. The van der Waals surface area contributed by atoms with Crippen molar-refractivity contribution in [1.29, 1.82) is 0 Å². The number of hydrogen-bond donors (Lipinski definition) is 1. The van der Waals surface area contributed by atoms with Crippen molar-refractivity contribution in [2.75, 3.05) is 5.32 Å². The summed E-state index contributed by atoms with van der Waals surface area (Å²) in [6.45, 7) is 1.85. The van der Waals surface area contributed by atoms with E-state index in [4.69, 9.17) is 11.6 Å². The third-order valence-corrected chi connectivity index (χ3v) is 3.75. The van der Waals surface area contributed by atoms with Crippen LogP contribution in [-0.4, -0.2) is 0 Å². The van der Waals surface area contributed by atoms with Crippen molar-refractivity contribution in [3.63, 3.8) is 0 Å². The van der Waals surface area contributed by atoms with Gasteiger partial charge in [-0.1, -0.05) is 39.7 Å². The number of halogens is 4. The lowest BCUT2D eigenvalue weighted by Gasteiger charge is -2.18. The summed E-state index contributed by atoms with van der Waals surface area (Å²) in [6, 6.07) is 8.65. The molecule has 1 unspecified atom stereocenters. The summed E-state index contributed by atoms with van der Waals surface area (Å²) < 4.78 is 27.3. The van der Waals surface area contributed by atoms with Gasteiger partial charge in [0.1, 0.15) is 11.6 Å². The molecule has 1 N–H and O–H groups in total. The number of anilines is 1. The molecule has 0 aliphatic heterocycles. The lowest BCUT2D eigenvalue weighted by molar-refractivity contribution is 0.622. The number of benzene rings is 2. The zero-order chi connectivity index (χ0) is 14.0. The van der Waals surface area contributed by atoms with E-state index in [9.17, 15) is 8.78 Å². The van der Waals surface area contributed by atoms with Gasteiger partial charge >= 0.3 is 0 Å². The molecule has 1 atom stereocenters. The Hall–Kier alpha value is -1.13. The van der Waals surface area contributed by atoms with Gasteiger partial charge < -0.3 is 5.32 Å². The predicted molar refractivity (Wildman–Crippen MR) is 77.5 cm³/mol. The van der Waals surface area contributed by atoms with Crippen molar-refractivity contribution in [3.8, 4) is 0 Å². The molecule has 0 saturated carbocycles. The first-order valence-electron chi connectivity index (χ1n) is 5.64. The summed E-state index contributed by atoms with van der Waals surface area (Å²) in [5.74, 6) is -0.746. The molecule has 5 heteroatoms. The summed E-state index contributed by atoms with van der Waals surface area (Å²) in [6.07, 6.45) is 0. The fourth-order valence-electron chi connectivity index (χ4n) is 1.78. The molecule has 0 radical (unpaired) electrons. The highest BCUT2D eigenvalue weighted by Gasteiger charge is 2.14. The smallest absolute Gasteiger partial charge is 0.147 e. The van der Waals surface area contributed by atoms with Crippen LogP contribution >= 0.6 is 27.5 Å². The van der Waals surface area contributed by atoms with Gasteiger partial charge in [-0.15, -0.1) is 0 Å². The Morgan fingerprint density at radius 1 is 1.21 bits per heavy atom. The molecule has 0 amide bonds. The van der Waals surface area contributed by atoms with E-state index in [-0.39, 0.29) is 17.5 Å². The van der Waals surface area contributed by atoms with Gasteiger partial charge in [0.15, 0.2) is 0 Å². The molecule has 2 aromatic rings. The molecule has 2 rings (SSSR count). The van der Waals surface area contributed by atoms with Gasteiger partial charge in [-0.05, 0) is 36.8 Å². The van der Waals surface area contributed by atoms with Crippen molar-refractivity contribution in [2.45, 2.75) is 13.0 Å². The Morgan fingerprint density at radius 3 is 2.58 bits per heavy atom. The monoisotopic (exact) mass is 345 g/mol. The van der Waals surface area contributed by atoms with E-state index < -0.39 is 5.82 Å². The Kier molecular flexibility index (Phi) is 4.42. The van der Waals surface area contributed by atoms with E-state index in [0.29, 0.717) is 9.50 Å². The van der Waals surface area contributed by atoms with Crippen LogP contribution in [0, 0.1) is 11.6 Å². The Balaban J connectivity index is 2.28. The number of hydrogen-bond acceptors (Lipinski definition) is 1. The van der Waals surface area contributed by atoms with Crippen molar-refractivity contribution in [1.82, 2.24) is 0 Å². The Bertz CT molecular complexity index is 584. The second kappa shape index (κ2) is 5.88. The molecule has 0 aliphatic carbocycles. The Morgan fingerprint density at radius 2 is 1.95 bits per heavy atom. The second-order valence-corrected chi connectivity index (χ2v) is 5.39. The third kappa shape index (κ3) is 3.25. The highest BCUT2D eigenvalue weighted by molar-refractivity contribution is 9.10. The summed E-state index contributed by atoms with van der Waals surface area (Å²) in [5.41, 5.74) is 1.06. The summed E-state index contributed by atoms with van der Waals surface area (Å²) >= 11 is 9.24. The normalized spacial score (nSPS) is 12.3. The molecule has 0 saturated heterocycles. The molecular formula is C14H11BrClF2N. The van der Waals surface area contributed by atoms with E-state index in [1.807, 2.05) is 6.92 Å². The maximum atomic E-state index is 13.7. The average Bonchev–Trinajstić information content (AvgIpc) is 2.33. The zero-order valence-electron chi connectivity index (χ0n) is 10.1. The van der Waals surface area contributed by atoms with E-state index in [1.54, 1.807) is 18.2 Å². The van der Waals surface area contributed by atoms with Gasteiger partial charge in [-0.3, -0.25) is 0 Å². The molecule has 0 heterocycles. The first kappa shape index (κ1) is 14.3. The van der Waals surface area contributed by atoms with E-state index >= 15 is 0 Å². The zero-order valence-corrected chi connectivity index (χ0v) is 12.4. The van der Waals surface area contributed by atoms with E-state index in [1.165, 1.54) is 18.2 Å². The quantitative estimate of drug-likeness (QED) is 0.768. The summed E-state index contributed by atoms with van der Waals surface area (Å²) in [5, 5.41) is 3.31. The number of para-hydroxylation sites is 1. The second-order valence-electron chi connectivity index (χ2n) is 4.13. The molecule has 0 bridgehead atoms. The molecule has 0 aromatic heterocycles. The lowest BCUT2D eigenvalue weighted by atomic mass is 10.1. The van der Waals surface area contributed by atoms with Crippen LogP contribution in [0.25, 0.3) is 0 Å². The van der Waals surface area contributed by atoms with Crippen LogP contribution in [-0.2, 0) is 0 Å². The van der Waals surface area contributed by atoms with E-state index in [0.717, 1.165) is 5.56 Å². The van der Waals surface area contributed by atoms with Crippen LogP contribution in [0.4, 0.5) is 14.5 Å². The largest absolute Gasteiger partial charge is 0.375 e. The molecule has 0 aliphatic rings. The molecule has 2 aromatic carbocycles. The minimum atomic E-state index is -0.419. The first-order chi connectivity index (χ1) is 8.99. The highest BCUT2D eigenvalue weighted by Crippen LogP contribution is 2.31. The van der Waals surface area contributed by atoms with Crippen molar-refractivity contribution in [3.05, 3.63) is 63.1 Å². The molecule has 100 valence electrons. The molecule has 19 heavy (non-hydrogen) atoms. The maximum absolute atomic E-state index is 13.7. The van der Waals surface area contributed by atoms with Gasteiger partial charge in [-0.25, -0.2) is 8.78 Å². The van der Waals surface area contributed by atoms with Gasteiger partial charge in [0, 0.05) is 10.5 Å². The highest BCUT2D eigenvalue weighted by atomic mass is 79.9. The predicted octanol–water partition coefficient (Wildman–Crippen LogP) is 5.55. The maximum Gasteiger partial charge on any atom is 0.147 e. The van der Waals surface area contributed by atoms with Crippen LogP contribution in [0.3, 0.4) is 0 Å². The Labute approximate surface area is 123 Å². The topological polar surface area (TPSA) is 12.0 Å². The standard InChI is InChI=1S/C14H11BrClF2N/c1-8(10-6-5-9(17)7-11(10)15)19-14-12(16)3-2-4-13(14)18/h2-8,19H,1H3. The van der Waals surface area contributed by atoms with Crippen LogP contribution < -0.4 is 5.32 Å². The first-order valence-corrected chi connectivity index (χ1v) is 6.81. The molecule has 0 fully saturated rings. The van der Waals surface area contributed by atoms with Crippen LogP contribution in [0.5, 0.6) is 0 Å². The molecular weight excluding hydrogens is 336 g/mol. The van der Waals surface area contributed by atoms with Crippen LogP contribution in [0.1, 0.15) is 18.5 Å². The summed E-state index contributed by atoms with van der Waals surface area (Å²) in [4.78, 5) is 0. The fourth-order valence-corrected chi connectivity index (χ4v) is 2.69. The van der Waals surface area contributed by atoms with Gasteiger partial charge in [0.25, 0.3) is 0 Å². The lowest BCUT2D eigenvalue weighted by Crippen LogP contribution is -2.09. The van der Waals surface area contributed by atoms with Gasteiger partial charge in [-0.2, -0.15) is 0 Å².